The smallest absolute Gasteiger partial charge is 0.472 e. The zero-order valence-corrected chi connectivity index (χ0v) is 30.7. The molecule has 0 aliphatic carbocycles. The number of phosphoric ester groups is 1. The Morgan fingerprint density at radius 1 is 0.642 bits per heavy atom. The first-order chi connectivity index (χ1) is 25.6. The summed E-state index contributed by atoms with van der Waals surface area (Å²) in [6.45, 7) is 3.89. The molecule has 3 N–H and O–H groups in total. The number of methoxy groups -OCH3 is 2. The molecule has 1 amide bonds. The minimum absolute atomic E-state index is 0.153. The maximum absolute atomic E-state index is 12.9. The van der Waals surface area contributed by atoms with Crippen LogP contribution in [0, 0.1) is 0 Å². The molecule has 0 fully saturated rings. The largest absolute Gasteiger partial charge is 0.497 e. The molecule has 0 aliphatic heterocycles. The van der Waals surface area contributed by atoms with Crippen LogP contribution in [0.1, 0.15) is 51.8 Å². The molecule has 5 aromatic carbocycles. The number of rotatable bonds is 20. The first kappa shape index (κ1) is 39.0. The number of carbonyl (C=O) groups is 1. The fourth-order valence-corrected chi connectivity index (χ4v) is 6.45. The molecule has 0 saturated carbocycles. The number of primary amides is 1. The van der Waals surface area contributed by atoms with Crippen LogP contribution < -0.4 is 15.2 Å². The van der Waals surface area contributed by atoms with Gasteiger partial charge in [0.2, 0.25) is 5.91 Å². The van der Waals surface area contributed by atoms with Gasteiger partial charge in [0, 0.05) is 12.8 Å². The molecule has 5 rings (SSSR count). The van der Waals surface area contributed by atoms with Gasteiger partial charge in [0.1, 0.15) is 23.7 Å². The maximum atomic E-state index is 12.9. The number of benzene rings is 5. The minimum atomic E-state index is -4.42. The third-order valence-electron chi connectivity index (χ3n) is 8.49. The molecule has 0 heterocycles. The predicted molar refractivity (Wildman–Crippen MR) is 202 cm³/mol. The molecule has 5 aromatic rings. The molecule has 0 saturated heterocycles. The van der Waals surface area contributed by atoms with E-state index in [-0.39, 0.29) is 32.8 Å². The second-order valence-electron chi connectivity index (χ2n) is 12.2. The molecular weight excluding hydrogens is 693 g/mol. The van der Waals surface area contributed by atoms with Gasteiger partial charge in [-0.2, -0.15) is 0 Å². The van der Waals surface area contributed by atoms with E-state index in [2.05, 4.69) is 6.58 Å². The third-order valence-corrected chi connectivity index (χ3v) is 9.40. The SMILES string of the molecule is C=C(CCC(N)=O)OCc1cccc(COP(=O)(O)OCc2cccc(COC(c3ccccc3)(c3ccc(OC)cc3)c3ccc(OC)cc3)c2)c1. The lowest BCUT2D eigenvalue weighted by molar-refractivity contribution is -0.118. The maximum Gasteiger partial charge on any atom is 0.472 e. The van der Waals surface area contributed by atoms with E-state index >= 15 is 0 Å². The lowest BCUT2D eigenvalue weighted by Gasteiger charge is -2.36. The highest BCUT2D eigenvalue weighted by Crippen LogP contribution is 2.45. The van der Waals surface area contributed by atoms with Crippen molar-refractivity contribution in [3.05, 3.63) is 179 Å². The average molecular weight is 738 g/mol. The molecule has 0 aromatic heterocycles. The van der Waals surface area contributed by atoms with Gasteiger partial charge in [-0.3, -0.25) is 13.8 Å². The van der Waals surface area contributed by atoms with Gasteiger partial charge in [-0.25, -0.2) is 4.57 Å². The van der Waals surface area contributed by atoms with Crippen molar-refractivity contribution >= 4 is 13.7 Å². The highest BCUT2D eigenvalue weighted by Gasteiger charge is 2.38. The summed E-state index contributed by atoms with van der Waals surface area (Å²) in [5.41, 5.74) is 9.85. The summed E-state index contributed by atoms with van der Waals surface area (Å²) in [5.74, 6) is 1.47. The number of carbonyl (C=O) groups excluding carboxylic acids is 1. The van der Waals surface area contributed by atoms with E-state index in [1.807, 2.05) is 109 Å². The summed E-state index contributed by atoms with van der Waals surface area (Å²) < 4.78 is 47.1. The van der Waals surface area contributed by atoms with E-state index < -0.39 is 19.3 Å². The Morgan fingerprint density at radius 2 is 1.09 bits per heavy atom. The minimum Gasteiger partial charge on any atom is -0.497 e. The Balaban J connectivity index is 1.27. The molecule has 0 spiro atoms. The zero-order valence-electron chi connectivity index (χ0n) is 29.8. The van der Waals surface area contributed by atoms with Gasteiger partial charge in [0.05, 0.1) is 39.8 Å². The van der Waals surface area contributed by atoms with Crippen LogP contribution in [-0.4, -0.2) is 25.0 Å². The first-order valence-corrected chi connectivity index (χ1v) is 18.4. The summed E-state index contributed by atoms with van der Waals surface area (Å²) in [6.07, 6.45) is 0.488. The van der Waals surface area contributed by atoms with Gasteiger partial charge in [-0.15, -0.1) is 0 Å². The van der Waals surface area contributed by atoms with Crippen molar-refractivity contribution in [2.75, 3.05) is 14.2 Å². The van der Waals surface area contributed by atoms with Crippen LogP contribution in [0.25, 0.3) is 0 Å². The highest BCUT2D eigenvalue weighted by molar-refractivity contribution is 7.47. The molecule has 11 heteroatoms. The molecule has 1 unspecified atom stereocenters. The molecule has 0 radical (unpaired) electrons. The van der Waals surface area contributed by atoms with Gasteiger partial charge in [0.15, 0.2) is 0 Å². The van der Waals surface area contributed by atoms with E-state index in [9.17, 15) is 14.3 Å². The van der Waals surface area contributed by atoms with Crippen molar-refractivity contribution in [2.45, 2.75) is 44.9 Å². The second kappa shape index (κ2) is 18.5. The average Bonchev–Trinajstić information content (AvgIpc) is 3.19. The normalized spacial score (nSPS) is 12.4. The summed E-state index contributed by atoms with van der Waals surface area (Å²) in [6, 6.07) is 40.3. The number of hydrogen-bond acceptors (Lipinski definition) is 8. The predicted octanol–water partition coefficient (Wildman–Crippen LogP) is 8.34. The van der Waals surface area contributed by atoms with E-state index in [0.717, 1.165) is 39.3 Å². The van der Waals surface area contributed by atoms with Gasteiger partial charge in [-0.1, -0.05) is 110 Å². The monoisotopic (exact) mass is 737 g/mol. The van der Waals surface area contributed by atoms with Crippen LogP contribution in [0.15, 0.2) is 140 Å². The standard InChI is InChI=1S/C42H44NO9P/c1-31(15-24-41(43)44)49-27-32-9-7-11-34(25-32)29-51-53(45,46)52-30-35-12-8-10-33(26-35)28-50-42(36-13-5-4-6-14-36,37-16-20-39(47-2)21-17-37)38-18-22-40(48-3)23-19-38/h4-14,16-23,25-26H,1,15,24,27-30H2,2-3H3,(H2,43,44)(H,45,46). The van der Waals surface area contributed by atoms with Crippen molar-refractivity contribution in [3.63, 3.8) is 0 Å². The molecular formula is C42H44NO9P. The number of allylic oxidation sites excluding steroid dienone is 1. The molecule has 276 valence electrons. The van der Waals surface area contributed by atoms with Gasteiger partial charge in [0.25, 0.3) is 0 Å². The lowest BCUT2D eigenvalue weighted by Crippen LogP contribution is -2.32. The Labute approximate surface area is 310 Å². The summed E-state index contributed by atoms with van der Waals surface area (Å²) >= 11 is 0. The molecule has 10 nitrogen and oxygen atoms in total. The van der Waals surface area contributed by atoms with E-state index in [1.165, 1.54) is 0 Å². The highest BCUT2D eigenvalue weighted by atomic mass is 31.2. The third kappa shape index (κ3) is 10.9. The molecule has 0 bridgehead atoms. The Bertz CT molecular complexity index is 1950. The summed E-state index contributed by atoms with van der Waals surface area (Å²) in [5, 5.41) is 0. The van der Waals surface area contributed by atoms with E-state index in [1.54, 1.807) is 32.4 Å². The number of nitrogens with two attached hydrogens (primary N) is 1. The van der Waals surface area contributed by atoms with Crippen LogP contribution >= 0.6 is 7.82 Å². The van der Waals surface area contributed by atoms with Crippen LogP contribution in [0.3, 0.4) is 0 Å². The van der Waals surface area contributed by atoms with Gasteiger partial charge in [-0.05, 0) is 63.2 Å². The van der Waals surface area contributed by atoms with Crippen molar-refractivity contribution in [1.29, 1.82) is 0 Å². The zero-order chi connectivity index (χ0) is 37.7. The van der Waals surface area contributed by atoms with Crippen molar-refractivity contribution < 1.29 is 42.2 Å². The van der Waals surface area contributed by atoms with Crippen molar-refractivity contribution in [1.82, 2.24) is 0 Å². The fourth-order valence-electron chi connectivity index (χ4n) is 5.75. The van der Waals surface area contributed by atoms with Crippen LogP contribution in [0.5, 0.6) is 11.5 Å². The van der Waals surface area contributed by atoms with Gasteiger partial charge < -0.3 is 29.6 Å². The number of amides is 1. The number of hydrogen-bond donors (Lipinski definition) is 2. The van der Waals surface area contributed by atoms with E-state index in [0.29, 0.717) is 23.3 Å². The quantitative estimate of drug-likeness (QED) is 0.0459. The summed E-state index contributed by atoms with van der Waals surface area (Å²) in [4.78, 5) is 21.5. The van der Waals surface area contributed by atoms with Crippen LogP contribution in [0.2, 0.25) is 0 Å². The molecule has 0 aliphatic rings. The van der Waals surface area contributed by atoms with Crippen LogP contribution in [0.4, 0.5) is 0 Å². The number of ether oxygens (including phenoxy) is 4. The molecule has 53 heavy (non-hydrogen) atoms. The fraction of sp³-hybridized carbons (Fsp3) is 0.214. The van der Waals surface area contributed by atoms with Crippen molar-refractivity contribution in [3.8, 4) is 11.5 Å². The first-order valence-electron chi connectivity index (χ1n) is 16.9. The van der Waals surface area contributed by atoms with E-state index in [4.69, 9.17) is 33.7 Å². The van der Waals surface area contributed by atoms with Crippen LogP contribution in [-0.2, 0) is 59.9 Å². The van der Waals surface area contributed by atoms with Gasteiger partial charge >= 0.3 is 7.82 Å². The second-order valence-corrected chi connectivity index (χ2v) is 13.7. The Hall–Kier alpha value is -5.22. The lowest BCUT2D eigenvalue weighted by atomic mass is 9.80. The Morgan fingerprint density at radius 3 is 1.57 bits per heavy atom. The summed E-state index contributed by atoms with van der Waals surface area (Å²) in [7, 11) is -1.16. The molecule has 1 atom stereocenters. The topological polar surface area (TPSA) is 136 Å². The Kier molecular flexibility index (Phi) is 13.6. The number of phosphoric acid groups is 1. The van der Waals surface area contributed by atoms with Crippen molar-refractivity contribution in [2.24, 2.45) is 5.73 Å².